The van der Waals surface area contributed by atoms with Crippen molar-refractivity contribution in [1.29, 1.82) is 0 Å². The molecule has 1 saturated heterocycles. The third kappa shape index (κ3) is 6.92. The third-order valence-corrected chi connectivity index (χ3v) is 4.03. The third-order valence-electron chi connectivity index (χ3n) is 4.03. The lowest BCUT2D eigenvalue weighted by molar-refractivity contribution is -0.288. The molecule has 2 rings (SSSR count). The van der Waals surface area contributed by atoms with Crippen LogP contribution in [0, 0.1) is 5.82 Å². The molecule has 1 aromatic rings. The van der Waals surface area contributed by atoms with Crippen LogP contribution in [0.1, 0.15) is 27.7 Å². The number of hydrogen-bond acceptors (Lipinski definition) is 10. The largest absolute Gasteiger partial charge is 0.463 e. The van der Waals surface area contributed by atoms with E-state index in [1.54, 1.807) is 0 Å². The summed E-state index contributed by atoms with van der Waals surface area (Å²) in [7, 11) is 0. The highest BCUT2D eigenvalue weighted by Gasteiger charge is 2.53. The van der Waals surface area contributed by atoms with Gasteiger partial charge in [-0.15, -0.1) is 0 Å². The molecule has 11 heteroatoms. The minimum absolute atomic E-state index is 0.233. The van der Waals surface area contributed by atoms with Gasteiger partial charge in [0.05, 0.1) is 0 Å². The summed E-state index contributed by atoms with van der Waals surface area (Å²) >= 11 is 0. The van der Waals surface area contributed by atoms with Crippen LogP contribution >= 0.6 is 0 Å². The summed E-state index contributed by atoms with van der Waals surface area (Å²) < 4.78 is 46.1. The number of carbonyl (C=O) groups is 4. The van der Waals surface area contributed by atoms with Gasteiger partial charge in [-0.05, 0) is 12.1 Å². The highest BCUT2D eigenvalue weighted by atomic mass is 19.1. The fraction of sp³-hybridized carbons (Fsp3) is 0.500. The van der Waals surface area contributed by atoms with Crippen LogP contribution in [-0.2, 0) is 42.9 Å². The number of para-hydroxylation sites is 1. The van der Waals surface area contributed by atoms with Crippen molar-refractivity contribution in [2.75, 3.05) is 6.61 Å². The van der Waals surface area contributed by atoms with E-state index in [1.165, 1.54) is 18.2 Å². The molecule has 0 amide bonds. The maximum atomic E-state index is 14.1. The molecule has 0 saturated carbocycles. The second-order valence-corrected chi connectivity index (χ2v) is 6.62. The number of ether oxygens (including phenoxy) is 6. The first-order valence-electron chi connectivity index (χ1n) is 9.30. The molecule has 0 bridgehead atoms. The van der Waals surface area contributed by atoms with Gasteiger partial charge in [0.2, 0.25) is 12.4 Å². The van der Waals surface area contributed by atoms with Gasteiger partial charge in [-0.1, -0.05) is 12.1 Å². The maximum absolute atomic E-state index is 14.1. The lowest BCUT2D eigenvalue weighted by atomic mass is 9.98. The van der Waals surface area contributed by atoms with Crippen LogP contribution in [0.5, 0.6) is 5.75 Å². The molecule has 10 nitrogen and oxygen atoms in total. The lowest BCUT2D eigenvalue weighted by Gasteiger charge is -2.43. The van der Waals surface area contributed by atoms with E-state index in [2.05, 4.69) is 0 Å². The maximum Gasteiger partial charge on any atom is 0.303 e. The Morgan fingerprint density at radius 3 is 1.94 bits per heavy atom. The smallest absolute Gasteiger partial charge is 0.303 e. The second-order valence-electron chi connectivity index (χ2n) is 6.62. The number of benzene rings is 1. The van der Waals surface area contributed by atoms with E-state index in [-0.39, 0.29) is 5.75 Å². The van der Waals surface area contributed by atoms with Crippen molar-refractivity contribution < 1.29 is 52.0 Å². The first-order chi connectivity index (χ1) is 14.6. The molecule has 0 aliphatic carbocycles. The van der Waals surface area contributed by atoms with Gasteiger partial charge in [0.25, 0.3) is 0 Å². The molecule has 1 aliphatic heterocycles. The topological polar surface area (TPSA) is 124 Å². The first-order valence-corrected chi connectivity index (χ1v) is 9.30. The van der Waals surface area contributed by atoms with Crippen LogP contribution in [-0.4, -0.2) is 61.2 Å². The normalized spacial score (nSPS) is 25.1. The predicted octanol–water partition coefficient (Wildman–Crippen LogP) is 1.29. The summed E-state index contributed by atoms with van der Waals surface area (Å²) in [6, 6.07) is 5.39. The number of rotatable bonds is 7. The van der Waals surface area contributed by atoms with Crippen molar-refractivity contribution in [1.82, 2.24) is 0 Å². The molecule has 5 atom stereocenters. The van der Waals surface area contributed by atoms with Crippen LogP contribution in [0.4, 0.5) is 4.39 Å². The summed E-state index contributed by atoms with van der Waals surface area (Å²) in [5.41, 5.74) is 0. The van der Waals surface area contributed by atoms with Crippen molar-refractivity contribution in [3.63, 3.8) is 0 Å². The predicted molar refractivity (Wildman–Crippen MR) is 99.0 cm³/mol. The fourth-order valence-corrected chi connectivity index (χ4v) is 2.95. The van der Waals surface area contributed by atoms with E-state index in [9.17, 15) is 23.6 Å². The number of esters is 4. The Bertz CT molecular complexity index is 826. The van der Waals surface area contributed by atoms with Crippen molar-refractivity contribution >= 4 is 23.9 Å². The summed E-state index contributed by atoms with van der Waals surface area (Å²) in [5.74, 6) is -3.93. The van der Waals surface area contributed by atoms with Crippen LogP contribution in [0.25, 0.3) is 0 Å². The molecule has 0 radical (unpaired) electrons. The van der Waals surface area contributed by atoms with E-state index < -0.39 is 67.0 Å². The quantitative estimate of drug-likeness (QED) is 0.451. The molecule has 31 heavy (non-hydrogen) atoms. The summed E-state index contributed by atoms with van der Waals surface area (Å²) in [6.45, 7) is 4.05. The zero-order valence-corrected chi connectivity index (χ0v) is 17.4. The van der Waals surface area contributed by atoms with Gasteiger partial charge in [0, 0.05) is 27.7 Å². The minimum atomic E-state index is -1.49. The molecular weight excluding hydrogens is 419 g/mol. The SMILES string of the molecule is CC(=O)OCC1O[C@@H](Oc2ccccc2F)C(OC(C)=O)[C@@H](OC(C)=O)[C@@H]1OC(C)=O. The van der Waals surface area contributed by atoms with Gasteiger partial charge >= 0.3 is 23.9 Å². The van der Waals surface area contributed by atoms with Gasteiger partial charge in [-0.2, -0.15) is 0 Å². The average Bonchev–Trinajstić information content (AvgIpc) is 2.65. The number of carbonyl (C=O) groups excluding carboxylic acids is 4. The summed E-state index contributed by atoms with van der Waals surface area (Å²) in [5, 5.41) is 0. The molecule has 170 valence electrons. The van der Waals surface area contributed by atoms with Gasteiger partial charge in [0.1, 0.15) is 12.7 Å². The molecule has 0 N–H and O–H groups in total. The monoisotopic (exact) mass is 442 g/mol. The van der Waals surface area contributed by atoms with Gasteiger partial charge in [0.15, 0.2) is 23.8 Å². The highest BCUT2D eigenvalue weighted by molar-refractivity contribution is 5.68. The minimum Gasteiger partial charge on any atom is -0.463 e. The molecule has 1 aromatic carbocycles. The fourth-order valence-electron chi connectivity index (χ4n) is 2.95. The summed E-state index contributed by atoms with van der Waals surface area (Å²) in [6.07, 6.45) is -6.81. The molecular formula is C20H23FO10. The first kappa shape index (κ1) is 24.1. The van der Waals surface area contributed by atoms with E-state index >= 15 is 0 Å². The Kier molecular flexibility index (Phi) is 8.31. The molecule has 2 unspecified atom stereocenters. The van der Waals surface area contributed by atoms with Crippen molar-refractivity contribution in [3.05, 3.63) is 30.1 Å². The number of hydrogen-bond donors (Lipinski definition) is 0. The van der Waals surface area contributed by atoms with Crippen LogP contribution in [0.3, 0.4) is 0 Å². The van der Waals surface area contributed by atoms with Gasteiger partial charge in [-0.25, -0.2) is 4.39 Å². The highest BCUT2D eigenvalue weighted by Crippen LogP contribution is 2.31. The van der Waals surface area contributed by atoms with E-state index in [4.69, 9.17) is 28.4 Å². The lowest BCUT2D eigenvalue weighted by Crippen LogP contribution is -2.63. The van der Waals surface area contributed by atoms with Crippen LogP contribution in [0.15, 0.2) is 24.3 Å². The van der Waals surface area contributed by atoms with Crippen LogP contribution < -0.4 is 4.74 Å². The Balaban J connectivity index is 2.46. The van der Waals surface area contributed by atoms with Gasteiger partial charge in [-0.3, -0.25) is 19.2 Å². The Morgan fingerprint density at radius 2 is 1.39 bits per heavy atom. The molecule has 1 fully saturated rings. The Hall–Kier alpha value is -3.21. The average molecular weight is 442 g/mol. The molecule has 0 aromatic heterocycles. The zero-order valence-electron chi connectivity index (χ0n) is 17.4. The van der Waals surface area contributed by atoms with Crippen LogP contribution in [0.2, 0.25) is 0 Å². The Labute approximate surface area is 177 Å². The standard InChI is InChI=1S/C20H23FO10/c1-10(22)26-9-16-17(27-11(2)23)18(28-12(3)24)19(29-13(4)25)20(31-16)30-15-8-6-5-7-14(15)21/h5-8,16-20H,9H2,1-4H3/t16?,17-,18+,19?,20-/m1/s1. The van der Waals surface area contributed by atoms with Crippen molar-refractivity contribution in [3.8, 4) is 5.75 Å². The number of halogens is 1. The summed E-state index contributed by atoms with van der Waals surface area (Å²) in [4.78, 5) is 46.4. The second kappa shape index (κ2) is 10.7. The van der Waals surface area contributed by atoms with Gasteiger partial charge < -0.3 is 28.4 Å². The van der Waals surface area contributed by atoms with Crippen molar-refractivity contribution in [2.24, 2.45) is 0 Å². The van der Waals surface area contributed by atoms with E-state index in [0.29, 0.717) is 0 Å². The molecule has 1 heterocycles. The van der Waals surface area contributed by atoms with E-state index in [0.717, 1.165) is 33.8 Å². The van der Waals surface area contributed by atoms with Crippen molar-refractivity contribution in [2.45, 2.75) is 58.4 Å². The molecule has 1 aliphatic rings. The Morgan fingerprint density at radius 1 is 0.839 bits per heavy atom. The zero-order chi connectivity index (χ0) is 23.1. The van der Waals surface area contributed by atoms with E-state index in [1.807, 2.05) is 0 Å². The molecule has 0 spiro atoms.